The second kappa shape index (κ2) is 5.16. The molecule has 0 aromatic carbocycles. The number of rotatable bonds is 3. The van der Waals surface area contributed by atoms with Gasteiger partial charge in [0, 0.05) is 24.0 Å². The minimum atomic E-state index is -3.34. The molecule has 2 fully saturated rings. The topological polar surface area (TPSA) is 63.4 Å². The van der Waals surface area contributed by atoms with Crippen molar-refractivity contribution in [2.45, 2.75) is 49.6 Å². The van der Waals surface area contributed by atoms with E-state index in [1.165, 1.54) is 24.2 Å². The monoisotopic (exact) mass is 300 g/mol. The Morgan fingerprint density at radius 2 is 2.11 bits per heavy atom. The van der Waals surface area contributed by atoms with Gasteiger partial charge < -0.3 is 5.73 Å². The van der Waals surface area contributed by atoms with E-state index in [2.05, 4.69) is 0 Å². The molecule has 2 unspecified atom stereocenters. The number of sulfonamides is 1. The summed E-state index contributed by atoms with van der Waals surface area (Å²) in [5.41, 5.74) is 5.65. The normalized spacial score (nSPS) is 28.5. The molecule has 4 nitrogen and oxygen atoms in total. The van der Waals surface area contributed by atoms with Crippen LogP contribution in [0, 0.1) is 5.92 Å². The second-order valence-electron chi connectivity index (χ2n) is 5.43. The first kappa shape index (κ1) is 13.5. The summed E-state index contributed by atoms with van der Waals surface area (Å²) in [6.07, 6.45) is 5.63. The maximum Gasteiger partial charge on any atom is 0.244 e. The summed E-state index contributed by atoms with van der Waals surface area (Å²) < 4.78 is 27.4. The molecular weight excluding hydrogens is 280 g/mol. The molecule has 1 aromatic rings. The van der Waals surface area contributed by atoms with Crippen molar-refractivity contribution in [1.82, 2.24) is 4.31 Å². The van der Waals surface area contributed by atoms with E-state index in [1.807, 2.05) is 5.38 Å². The molecule has 106 valence electrons. The SMILES string of the molecule is NCc1sccc1S(=O)(=O)N1CCC2CCCCC21. The van der Waals surface area contributed by atoms with Gasteiger partial charge in [0.15, 0.2) is 0 Å². The van der Waals surface area contributed by atoms with Gasteiger partial charge in [-0.1, -0.05) is 12.8 Å². The van der Waals surface area contributed by atoms with E-state index in [9.17, 15) is 8.42 Å². The zero-order valence-corrected chi connectivity index (χ0v) is 12.5. The van der Waals surface area contributed by atoms with Gasteiger partial charge in [0.05, 0.1) is 4.90 Å². The standard InChI is InChI=1S/C13H20N2O2S2/c14-9-12-13(6-8-18-12)19(16,17)15-7-5-10-3-1-2-4-11(10)15/h6,8,10-11H,1-5,7,9,14H2. The molecule has 0 bridgehead atoms. The highest BCUT2D eigenvalue weighted by molar-refractivity contribution is 7.89. The molecule has 2 aliphatic rings. The summed E-state index contributed by atoms with van der Waals surface area (Å²) in [5, 5.41) is 1.82. The first-order valence-corrected chi connectivity index (χ1v) is 9.25. The minimum Gasteiger partial charge on any atom is -0.326 e. The van der Waals surface area contributed by atoms with Crippen LogP contribution in [0.3, 0.4) is 0 Å². The van der Waals surface area contributed by atoms with Crippen LogP contribution in [0.2, 0.25) is 0 Å². The average molecular weight is 300 g/mol. The molecule has 2 heterocycles. The van der Waals surface area contributed by atoms with E-state index in [0.29, 0.717) is 23.9 Å². The lowest BCUT2D eigenvalue weighted by atomic mass is 9.86. The van der Waals surface area contributed by atoms with Gasteiger partial charge in [0.2, 0.25) is 10.0 Å². The predicted molar refractivity (Wildman–Crippen MR) is 76.5 cm³/mol. The van der Waals surface area contributed by atoms with Gasteiger partial charge in [-0.15, -0.1) is 11.3 Å². The van der Waals surface area contributed by atoms with Crippen molar-refractivity contribution in [3.05, 3.63) is 16.3 Å². The van der Waals surface area contributed by atoms with Gasteiger partial charge in [-0.05, 0) is 36.6 Å². The first-order chi connectivity index (χ1) is 9.14. The zero-order chi connectivity index (χ0) is 13.5. The number of nitrogens with zero attached hydrogens (tertiary/aromatic N) is 1. The van der Waals surface area contributed by atoms with Crippen molar-refractivity contribution in [2.24, 2.45) is 11.7 Å². The fraction of sp³-hybridized carbons (Fsp3) is 0.692. The van der Waals surface area contributed by atoms with Crippen LogP contribution in [0.5, 0.6) is 0 Å². The molecule has 1 saturated carbocycles. The molecule has 3 rings (SSSR count). The fourth-order valence-corrected chi connectivity index (χ4v) is 6.53. The number of nitrogens with two attached hydrogens (primary N) is 1. The van der Waals surface area contributed by atoms with Gasteiger partial charge in [-0.3, -0.25) is 0 Å². The molecule has 1 aromatic heterocycles. The van der Waals surface area contributed by atoms with E-state index in [4.69, 9.17) is 5.73 Å². The number of thiophene rings is 1. The van der Waals surface area contributed by atoms with Gasteiger partial charge in [-0.2, -0.15) is 4.31 Å². The van der Waals surface area contributed by atoms with Gasteiger partial charge in [-0.25, -0.2) is 8.42 Å². The second-order valence-corrected chi connectivity index (χ2v) is 8.29. The maximum absolute atomic E-state index is 12.8. The van der Waals surface area contributed by atoms with Crippen LogP contribution < -0.4 is 5.73 Å². The van der Waals surface area contributed by atoms with E-state index in [-0.39, 0.29) is 6.04 Å². The molecular formula is C13H20N2O2S2. The van der Waals surface area contributed by atoms with Gasteiger partial charge in [0.25, 0.3) is 0 Å². The highest BCUT2D eigenvalue weighted by atomic mass is 32.2. The molecule has 1 aliphatic carbocycles. The highest BCUT2D eigenvalue weighted by Gasteiger charge is 2.42. The predicted octanol–water partition coefficient (Wildman–Crippen LogP) is 2.16. The Hall–Kier alpha value is -0.430. The third-order valence-electron chi connectivity index (χ3n) is 4.44. The van der Waals surface area contributed by atoms with Crippen molar-refractivity contribution >= 4 is 21.4 Å². The Kier molecular flexibility index (Phi) is 3.68. The van der Waals surface area contributed by atoms with Crippen LogP contribution in [-0.2, 0) is 16.6 Å². The summed E-state index contributed by atoms with van der Waals surface area (Å²) in [5.74, 6) is 0.573. The Morgan fingerprint density at radius 3 is 2.89 bits per heavy atom. The molecule has 0 amide bonds. The Balaban J connectivity index is 1.92. The summed E-state index contributed by atoms with van der Waals surface area (Å²) in [4.78, 5) is 1.21. The maximum atomic E-state index is 12.8. The van der Waals surface area contributed by atoms with Crippen molar-refractivity contribution in [3.8, 4) is 0 Å². The van der Waals surface area contributed by atoms with Gasteiger partial charge in [0.1, 0.15) is 0 Å². The third-order valence-corrected chi connectivity index (χ3v) is 7.52. The quantitative estimate of drug-likeness (QED) is 0.930. The van der Waals surface area contributed by atoms with Crippen molar-refractivity contribution in [2.75, 3.05) is 6.54 Å². The van der Waals surface area contributed by atoms with Crippen LogP contribution in [0.15, 0.2) is 16.3 Å². The average Bonchev–Trinajstić information content (AvgIpc) is 3.05. The lowest BCUT2D eigenvalue weighted by Gasteiger charge is -2.31. The van der Waals surface area contributed by atoms with Crippen LogP contribution in [0.25, 0.3) is 0 Å². The molecule has 2 atom stereocenters. The third kappa shape index (κ3) is 2.24. The van der Waals surface area contributed by atoms with Gasteiger partial charge >= 0.3 is 0 Å². The van der Waals surface area contributed by atoms with E-state index in [1.54, 1.807) is 10.4 Å². The van der Waals surface area contributed by atoms with Crippen molar-refractivity contribution in [1.29, 1.82) is 0 Å². The largest absolute Gasteiger partial charge is 0.326 e. The van der Waals surface area contributed by atoms with E-state index < -0.39 is 10.0 Å². The van der Waals surface area contributed by atoms with Crippen LogP contribution in [0.1, 0.15) is 37.0 Å². The molecule has 19 heavy (non-hydrogen) atoms. The smallest absolute Gasteiger partial charge is 0.244 e. The first-order valence-electron chi connectivity index (χ1n) is 6.93. The summed E-state index contributed by atoms with van der Waals surface area (Å²) in [6.45, 7) is 0.978. The molecule has 1 aliphatic heterocycles. The number of hydrogen-bond acceptors (Lipinski definition) is 4. The Bertz CT molecular complexity index is 553. The van der Waals surface area contributed by atoms with Crippen LogP contribution in [0.4, 0.5) is 0 Å². The van der Waals surface area contributed by atoms with Crippen molar-refractivity contribution in [3.63, 3.8) is 0 Å². The Morgan fingerprint density at radius 1 is 1.32 bits per heavy atom. The minimum absolute atomic E-state index is 0.226. The molecule has 0 radical (unpaired) electrons. The van der Waals surface area contributed by atoms with Crippen LogP contribution >= 0.6 is 11.3 Å². The van der Waals surface area contributed by atoms with Crippen LogP contribution in [-0.4, -0.2) is 25.3 Å². The zero-order valence-electron chi connectivity index (χ0n) is 10.9. The van der Waals surface area contributed by atoms with E-state index in [0.717, 1.165) is 24.1 Å². The highest BCUT2D eigenvalue weighted by Crippen LogP contribution is 2.40. The summed E-state index contributed by atoms with van der Waals surface area (Å²) in [6, 6.07) is 1.93. The van der Waals surface area contributed by atoms with E-state index >= 15 is 0 Å². The number of hydrogen-bond donors (Lipinski definition) is 1. The Labute approximate surface area is 118 Å². The molecule has 2 N–H and O–H groups in total. The summed E-state index contributed by atoms with van der Waals surface area (Å²) >= 11 is 1.43. The molecule has 0 spiro atoms. The summed E-state index contributed by atoms with van der Waals surface area (Å²) in [7, 11) is -3.34. The molecule has 1 saturated heterocycles. The van der Waals surface area contributed by atoms with Crippen molar-refractivity contribution < 1.29 is 8.42 Å². The lowest BCUT2D eigenvalue weighted by molar-refractivity contribution is 0.260. The lowest BCUT2D eigenvalue weighted by Crippen LogP contribution is -2.39. The fourth-order valence-electron chi connectivity index (χ4n) is 3.50. The number of fused-ring (bicyclic) bond motifs is 1. The molecule has 6 heteroatoms.